The number of pyridine rings is 1. The molecule has 0 saturated carbocycles. The molecule has 3 aromatic rings. The van der Waals surface area contributed by atoms with E-state index in [1.165, 1.54) is 5.56 Å². The van der Waals surface area contributed by atoms with Crippen LogP contribution in [0.25, 0.3) is 0 Å². The lowest BCUT2D eigenvalue weighted by Gasteiger charge is -2.19. The Morgan fingerprint density at radius 1 is 0.929 bits per heavy atom. The predicted octanol–water partition coefficient (Wildman–Crippen LogP) is 4.47. The van der Waals surface area contributed by atoms with Gasteiger partial charge in [0.15, 0.2) is 11.5 Å². The molecule has 6 heteroatoms. The first kappa shape index (κ1) is 17.9. The highest BCUT2D eigenvalue weighted by Gasteiger charge is 2.14. The molecule has 6 nitrogen and oxygen atoms in total. The van der Waals surface area contributed by atoms with Crippen molar-refractivity contribution in [2.45, 2.75) is 13.8 Å². The van der Waals surface area contributed by atoms with Gasteiger partial charge in [-0.05, 0) is 43.7 Å². The zero-order valence-electron chi connectivity index (χ0n) is 15.8. The van der Waals surface area contributed by atoms with E-state index in [0.717, 1.165) is 16.9 Å². The van der Waals surface area contributed by atoms with Crippen LogP contribution in [0.1, 0.15) is 21.5 Å². The number of aryl methyl sites for hydroxylation is 2. The van der Waals surface area contributed by atoms with Crippen molar-refractivity contribution in [1.29, 1.82) is 0 Å². The smallest absolute Gasteiger partial charge is 0.257 e. The first-order chi connectivity index (χ1) is 13.6. The zero-order valence-corrected chi connectivity index (χ0v) is 15.8. The van der Waals surface area contributed by atoms with E-state index >= 15 is 0 Å². The van der Waals surface area contributed by atoms with Crippen LogP contribution >= 0.6 is 0 Å². The van der Waals surface area contributed by atoms with Gasteiger partial charge in [0.2, 0.25) is 0 Å². The number of aromatic nitrogens is 1. The predicted molar refractivity (Wildman–Crippen MR) is 109 cm³/mol. The Morgan fingerprint density at radius 3 is 2.57 bits per heavy atom. The second-order valence-corrected chi connectivity index (χ2v) is 6.72. The van der Waals surface area contributed by atoms with E-state index in [0.29, 0.717) is 36.0 Å². The molecule has 0 bridgehead atoms. The molecule has 0 radical (unpaired) electrons. The maximum absolute atomic E-state index is 12.6. The molecule has 142 valence electrons. The highest BCUT2D eigenvalue weighted by Crippen LogP contribution is 2.32. The van der Waals surface area contributed by atoms with Crippen molar-refractivity contribution in [3.05, 3.63) is 71.5 Å². The molecule has 1 amide bonds. The molecule has 1 aliphatic heterocycles. The number of nitrogens with one attached hydrogen (secondary N) is 2. The summed E-state index contributed by atoms with van der Waals surface area (Å²) in [7, 11) is 0. The van der Waals surface area contributed by atoms with Gasteiger partial charge in [-0.15, -0.1) is 0 Å². The monoisotopic (exact) mass is 375 g/mol. The van der Waals surface area contributed by atoms with Crippen molar-refractivity contribution in [1.82, 2.24) is 4.98 Å². The van der Waals surface area contributed by atoms with Crippen LogP contribution in [0.2, 0.25) is 0 Å². The van der Waals surface area contributed by atoms with Crippen molar-refractivity contribution in [2.24, 2.45) is 0 Å². The number of hydrogen-bond acceptors (Lipinski definition) is 5. The lowest BCUT2D eigenvalue weighted by molar-refractivity contribution is 0.102. The average Bonchev–Trinajstić information content (AvgIpc) is 2.70. The maximum atomic E-state index is 12.6. The SMILES string of the molecule is Cc1ccc(Nc2cncc(C(=O)Nc3ccc4c(c3)OCCO4)c2)c(C)c1. The molecule has 2 heterocycles. The van der Waals surface area contributed by atoms with E-state index in [2.05, 4.69) is 28.6 Å². The number of benzene rings is 2. The summed E-state index contributed by atoms with van der Waals surface area (Å²) < 4.78 is 11.1. The molecule has 0 fully saturated rings. The number of anilines is 3. The fraction of sp³-hybridized carbons (Fsp3) is 0.182. The van der Waals surface area contributed by atoms with Crippen molar-refractivity contribution < 1.29 is 14.3 Å². The van der Waals surface area contributed by atoms with Gasteiger partial charge in [0.05, 0.1) is 17.4 Å². The largest absolute Gasteiger partial charge is 0.486 e. The van der Waals surface area contributed by atoms with E-state index in [1.807, 2.05) is 19.1 Å². The zero-order chi connectivity index (χ0) is 19.5. The number of ether oxygens (including phenoxy) is 2. The minimum atomic E-state index is -0.242. The summed E-state index contributed by atoms with van der Waals surface area (Å²) in [6, 6.07) is 13.3. The lowest BCUT2D eigenvalue weighted by atomic mass is 10.1. The molecule has 0 aliphatic carbocycles. The molecule has 1 aliphatic rings. The van der Waals surface area contributed by atoms with Crippen LogP contribution in [0.3, 0.4) is 0 Å². The van der Waals surface area contributed by atoms with E-state index in [-0.39, 0.29) is 5.91 Å². The second-order valence-electron chi connectivity index (χ2n) is 6.72. The van der Waals surface area contributed by atoms with Gasteiger partial charge >= 0.3 is 0 Å². The van der Waals surface area contributed by atoms with Crippen LogP contribution in [-0.4, -0.2) is 24.1 Å². The second kappa shape index (κ2) is 7.60. The van der Waals surface area contributed by atoms with Gasteiger partial charge in [0.1, 0.15) is 13.2 Å². The van der Waals surface area contributed by atoms with Gasteiger partial charge in [-0.3, -0.25) is 9.78 Å². The summed E-state index contributed by atoms with van der Waals surface area (Å²) in [5.41, 5.74) is 5.17. The van der Waals surface area contributed by atoms with Crippen molar-refractivity contribution >= 4 is 23.0 Å². The number of hydrogen-bond donors (Lipinski definition) is 2. The quantitative estimate of drug-likeness (QED) is 0.704. The Balaban J connectivity index is 1.50. The van der Waals surface area contributed by atoms with Crippen LogP contribution in [0.5, 0.6) is 11.5 Å². The molecule has 0 spiro atoms. The molecule has 28 heavy (non-hydrogen) atoms. The maximum Gasteiger partial charge on any atom is 0.257 e. The normalized spacial score (nSPS) is 12.4. The van der Waals surface area contributed by atoms with Gasteiger partial charge in [-0.1, -0.05) is 17.7 Å². The first-order valence-corrected chi connectivity index (χ1v) is 9.09. The van der Waals surface area contributed by atoms with Gasteiger partial charge in [-0.25, -0.2) is 0 Å². The van der Waals surface area contributed by atoms with Crippen molar-refractivity contribution in [3.8, 4) is 11.5 Å². The number of nitrogens with zero attached hydrogens (tertiary/aromatic N) is 1. The number of fused-ring (bicyclic) bond motifs is 1. The minimum absolute atomic E-state index is 0.242. The molecular formula is C22H21N3O3. The summed E-state index contributed by atoms with van der Waals surface area (Å²) in [6.07, 6.45) is 3.24. The summed E-state index contributed by atoms with van der Waals surface area (Å²) in [5.74, 6) is 1.08. The summed E-state index contributed by atoms with van der Waals surface area (Å²) >= 11 is 0. The van der Waals surface area contributed by atoms with Crippen LogP contribution in [0, 0.1) is 13.8 Å². The third kappa shape index (κ3) is 3.91. The highest BCUT2D eigenvalue weighted by molar-refractivity contribution is 6.04. The number of amides is 1. The first-order valence-electron chi connectivity index (χ1n) is 9.09. The van der Waals surface area contributed by atoms with Crippen molar-refractivity contribution in [3.63, 3.8) is 0 Å². The van der Waals surface area contributed by atoms with Crippen LogP contribution in [0.4, 0.5) is 17.1 Å². The fourth-order valence-corrected chi connectivity index (χ4v) is 3.07. The molecule has 0 atom stereocenters. The van der Waals surface area contributed by atoms with E-state index in [4.69, 9.17) is 9.47 Å². The van der Waals surface area contributed by atoms with E-state index in [1.54, 1.807) is 36.7 Å². The third-order valence-electron chi connectivity index (χ3n) is 4.46. The van der Waals surface area contributed by atoms with Gasteiger partial charge in [0, 0.05) is 23.6 Å². The summed E-state index contributed by atoms with van der Waals surface area (Å²) in [5, 5.41) is 6.20. The topological polar surface area (TPSA) is 72.5 Å². The molecule has 0 saturated heterocycles. The fourth-order valence-electron chi connectivity index (χ4n) is 3.07. The standard InChI is InChI=1S/C22H21N3O3/c1-14-3-5-19(15(2)9-14)24-18-10-16(12-23-13-18)22(26)25-17-4-6-20-21(11-17)28-8-7-27-20/h3-6,9-13,24H,7-8H2,1-2H3,(H,25,26). The summed E-state index contributed by atoms with van der Waals surface area (Å²) in [4.78, 5) is 16.8. The summed E-state index contributed by atoms with van der Waals surface area (Å²) in [6.45, 7) is 5.13. The van der Waals surface area contributed by atoms with Crippen LogP contribution in [-0.2, 0) is 0 Å². The molecule has 0 unspecified atom stereocenters. The highest BCUT2D eigenvalue weighted by atomic mass is 16.6. The number of rotatable bonds is 4. The van der Waals surface area contributed by atoms with Crippen LogP contribution in [0.15, 0.2) is 54.9 Å². The Kier molecular flexibility index (Phi) is 4.85. The van der Waals surface area contributed by atoms with Gasteiger partial charge < -0.3 is 20.1 Å². The third-order valence-corrected chi connectivity index (χ3v) is 4.46. The Hall–Kier alpha value is -3.54. The lowest BCUT2D eigenvalue weighted by Crippen LogP contribution is -2.16. The minimum Gasteiger partial charge on any atom is -0.486 e. The van der Waals surface area contributed by atoms with Crippen LogP contribution < -0.4 is 20.1 Å². The molecule has 2 aromatic carbocycles. The number of carbonyl (C=O) groups excluding carboxylic acids is 1. The molecular weight excluding hydrogens is 354 g/mol. The van der Waals surface area contributed by atoms with Crippen molar-refractivity contribution in [2.75, 3.05) is 23.8 Å². The Bertz CT molecular complexity index is 1030. The Morgan fingerprint density at radius 2 is 1.75 bits per heavy atom. The molecule has 1 aromatic heterocycles. The molecule has 4 rings (SSSR count). The van der Waals surface area contributed by atoms with Gasteiger partial charge in [-0.2, -0.15) is 0 Å². The Labute approximate surface area is 163 Å². The number of carbonyl (C=O) groups is 1. The van der Waals surface area contributed by atoms with Gasteiger partial charge in [0.25, 0.3) is 5.91 Å². The van der Waals surface area contributed by atoms with E-state index in [9.17, 15) is 4.79 Å². The average molecular weight is 375 g/mol. The van der Waals surface area contributed by atoms with E-state index < -0.39 is 0 Å². The molecule has 2 N–H and O–H groups in total.